The molecule has 0 amide bonds. The minimum Gasteiger partial charge on any atom is -0.423 e. The van der Waals surface area contributed by atoms with Crippen LogP contribution in [0.5, 0.6) is 0 Å². The van der Waals surface area contributed by atoms with Gasteiger partial charge in [0, 0.05) is 17.9 Å². The van der Waals surface area contributed by atoms with Gasteiger partial charge in [-0.25, -0.2) is 9.07 Å². The van der Waals surface area contributed by atoms with Gasteiger partial charge < -0.3 is 10.0 Å². The SMILES string of the molecule is OB(O)c1cnn(-c2ccc(F)cc2Cl)c1. The van der Waals surface area contributed by atoms with Gasteiger partial charge in [-0.2, -0.15) is 5.10 Å². The lowest BCUT2D eigenvalue weighted by Crippen LogP contribution is -2.28. The van der Waals surface area contributed by atoms with Crippen molar-refractivity contribution in [3.63, 3.8) is 0 Å². The Balaban J connectivity index is 2.42. The lowest BCUT2D eigenvalue weighted by Gasteiger charge is -2.03. The van der Waals surface area contributed by atoms with Gasteiger partial charge in [0.15, 0.2) is 0 Å². The fourth-order valence-corrected chi connectivity index (χ4v) is 1.52. The zero-order valence-electron chi connectivity index (χ0n) is 8.01. The van der Waals surface area contributed by atoms with E-state index in [1.807, 2.05) is 0 Å². The van der Waals surface area contributed by atoms with E-state index in [9.17, 15) is 4.39 Å². The van der Waals surface area contributed by atoms with Gasteiger partial charge in [-0.1, -0.05) is 11.6 Å². The first kappa shape index (κ1) is 11.1. The van der Waals surface area contributed by atoms with Crippen molar-refractivity contribution in [2.75, 3.05) is 0 Å². The summed E-state index contributed by atoms with van der Waals surface area (Å²) in [6.45, 7) is 0. The first-order valence-corrected chi connectivity index (χ1v) is 4.82. The Kier molecular flexibility index (Phi) is 2.96. The van der Waals surface area contributed by atoms with E-state index in [1.54, 1.807) is 0 Å². The highest BCUT2D eigenvalue weighted by molar-refractivity contribution is 6.58. The molecule has 0 spiro atoms. The lowest BCUT2D eigenvalue weighted by molar-refractivity contribution is 0.426. The van der Waals surface area contributed by atoms with Crippen LogP contribution in [0.1, 0.15) is 0 Å². The van der Waals surface area contributed by atoms with Crippen molar-refractivity contribution < 1.29 is 14.4 Å². The van der Waals surface area contributed by atoms with E-state index >= 15 is 0 Å². The minimum atomic E-state index is -1.59. The number of hydrogen-bond acceptors (Lipinski definition) is 3. The summed E-state index contributed by atoms with van der Waals surface area (Å²) < 4.78 is 14.1. The molecule has 4 nitrogen and oxygen atoms in total. The Morgan fingerprint density at radius 2 is 2.12 bits per heavy atom. The number of nitrogens with zero attached hydrogens (tertiary/aromatic N) is 2. The molecule has 0 unspecified atom stereocenters. The molecule has 2 aromatic rings. The Bertz CT molecular complexity index is 518. The van der Waals surface area contributed by atoms with Crippen molar-refractivity contribution in [1.29, 1.82) is 0 Å². The van der Waals surface area contributed by atoms with Gasteiger partial charge in [0.05, 0.1) is 10.7 Å². The average Bonchev–Trinajstić information content (AvgIpc) is 2.66. The van der Waals surface area contributed by atoms with Crippen LogP contribution in [0, 0.1) is 5.82 Å². The van der Waals surface area contributed by atoms with Gasteiger partial charge in [0.25, 0.3) is 0 Å². The van der Waals surface area contributed by atoms with Crippen LogP contribution < -0.4 is 5.46 Å². The predicted octanol–water partition coefficient (Wildman–Crippen LogP) is 0.345. The standard InChI is InChI=1S/C9H7BClFN2O2/c11-8-3-7(12)1-2-9(8)14-5-6(4-13-14)10(15)16/h1-5,15-16H. The quantitative estimate of drug-likeness (QED) is 0.745. The average molecular weight is 240 g/mol. The molecule has 2 N–H and O–H groups in total. The third-order valence-corrected chi connectivity index (χ3v) is 2.36. The third-order valence-electron chi connectivity index (χ3n) is 2.06. The van der Waals surface area contributed by atoms with Gasteiger partial charge in [-0.15, -0.1) is 0 Å². The Labute approximate surface area is 96.0 Å². The highest BCUT2D eigenvalue weighted by atomic mass is 35.5. The maximum atomic E-state index is 12.8. The summed E-state index contributed by atoms with van der Waals surface area (Å²) in [4.78, 5) is 0. The molecule has 16 heavy (non-hydrogen) atoms. The predicted molar refractivity (Wildman–Crippen MR) is 58.4 cm³/mol. The lowest BCUT2D eigenvalue weighted by atomic mass is 9.83. The molecule has 1 aromatic carbocycles. The Hall–Kier alpha value is -1.37. The van der Waals surface area contributed by atoms with Gasteiger partial charge in [-0.3, -0.25) is 0 Å². The van der Waals surface area contributed by atoms with Gasteiger partial charge >= 0.3 is 7.12 Å². The normalized spacial score (nSPS) is 10.5. The zero-order valence-corrected chi connectivity index (χ0v) is 8.76. The molecule has 1 aromatic heterocycles. The van der Waals surface area contributed by atoms with Crippen molar-refractivity contribution in [3.8, 4) is 5.69 Å². The smallest absolute Gasteiger partial charge is 0.423 e. The monoisotopic (exact) mass is 240 g/mol. The number of halogens is 2. The molecule has 1 heterocycles. The largest absolute Gasteiger partial charge is 0.491 e. The van der Waals surface area contributed by atoms with Crippen LogP contribution in [0.25, 0.3) is 5.69 Å². The molecule has 7 heteroatoms. The molecule has 0 aliphatic carbocycles. The van der Waals surface area contributed by atoms with Crippen LogP contribution in [0.4, 0.5) is 4.39 Å². The Morgan fingerprint density at radius 3 is 2.69 bits per heavy atom. The third kappa shape index (κ3) is 2.09. The van der Waals surface area contributed by atoms with Crippen LogP contribution >= 0.6 is 11.6 Å². The van der Waals surface area contributed by atoms with Gasteiger partial charge in [0.1, 0.15) is 5.82 Å². The second-order valence-corrected chi connectivity index (χ2v) is 3.59. The molecular formula is C9H7BClFN2O2. The molecule has 0 saturated carbocycles. The van der Waals surface area contributed by atoms with Crippen LogP contribution in [0.3, 0.4) is 0 Å². The van der Waals surface area contributed by atoms with Crippen molar-refractivity contribution in [3.05, 3.63) is 41.4 Å². The molecule has 0 fully saturated rings. The Morgan fingerprint density at radius 1 is 1.38 bits per heavy atom. The number of aromatic nitrogens is 2. The molecule has 2 rings (SSSR count). The summed E-state index contributed by atoms with van der Waals surface area (Å²) in [6, 6.07) is 3.86. The molecule has 0 saturated heterocycles. The zero-order chi connectivity index (χ0) is 11.7. The van der Waals surface area contributed by atoms with Crippen LogP contribution in [-0.4, -0.2) is 26.9 Å². The second-order valence-electron chi connectivity index (χ2n) is 3.19. The maximum absolute atomic E-state index is 12.8. The van der Waals surface area contributed by atoms with Crippen LogP contribution in [-0.2, 0) is 0 Å². The van der Waals surface area contributed by atoms with Gasteiger partial charge in [0.2, 0.25) is 0 Å². The number of hydrogen-bond donors (Lipinski definition) is 2. The highest BCUT2D eigenvalue weighted by Crippen LogP contribution is 2.20. The first-order chi connectivity index (χ1) is 7.58. The molecule has 0 bridgehead atoms. The molecule has 82 valence electrons. The molecule has 0 radical (unpaired) electrons. The first-order valence-electron chi connectivity index (χ1n) is 4.44. The summed E-state index contributed by atoms with van der Waals surface area (Å²) in [5.41, 5.74) is 0.704. The molecule has 0 aliphatic heterocycles. The maximum Gasteiger partial charge on any atom is 0.491 e. The van der Waals surface area contributed by atoms with E-state index in [-0.39, 0.29) is 10.5 Å². The molecule has 0 aliphatic rings. The van der Waals surface area contributed by atoms with E-state index in [2.05, 4.69) is 5.10 Å². The summed E-state index contributed by atoms with van der Waals surface area (Å²) in [7, 11) is -1.59. The van der Waals surface area contributed by atoms with E-state index in [1.165, 1.54) is 29.2 Å². The fraction of sp³-hybridized carbons (Fsp3) is 0. The molecule has 0 atom stereocenters. The van der Waals surface area contributed by atoms with Crippen LogP contribution in [0.2, 0.25) is 5.02 Å². The van der Waals surface area contributed by atoms with Gasteiger partial charge in [-0.05, 0) is 18.2 Å². The number of rotatable bonds is 2. The fourth-order valence-electron chi connectivity index (χ4n) is 1.27. The van der Waals surface area contributed by atoms with Crippen molar-refractivity contribution in [2.24, 2.45) is 0 Å². The van der Waals surface area contributed by atoms with Crippen molar-refractivity contribution in [2.45, 2.75) is 0 Å². The van der Waals surface area contributed by atoms with E-state index < -0.39 is 12.9 Å². The van der Waals surface area contributed by atoms with Crippen molar-refractivity contribution >= 4 is 24.2 Å². The summed E-state index contributed by atoms with van der Waals surface area (Å²) >= 11 is 5.83. The summed E-state index contributed by atoms with van der Waals surface area (Å²) in [5, 5.41) is 21.9. The van der Waals surface area contributed by atoms with E-state index in [4.69, 9.17) is 21.6 Å². The van der Waals surface area contributed by atoms with Crippen LogP contribution in [0.15, 0.2) is 30.6 Å². The summed E-state index contributed by atoms with van der Waals surface area (Å²) in [6.07, 6.45) is 2.70. The summed E-state index contributed by atoms with van der Waals surface area (Å²) in [5.74, 6) is -0.441. The van der Waals surface area contributed by atoms with E-state index in [0.717, 1.165) is 6.07 Å². The second kappa shape index (κ2) is 4.25. The molecular weight excluding hydrogens is 233 g/mol. The van der Waals surface area contributed by atoms with Crippen molar-refractivity contribution in [1.82, 2.24) is 9.78 Å². The highest BCUT2D eigenvalue weighted by Gasteiger charge is 2.14. The number of benzene rings is 1. The van der Waals surface area contributed by atoms with E-state index in [0.29, 0.717) is 5.69 Å². The topological polar surface area (TPSA) is 58.3 Å². The minimum absolute atomic E-state index is 0.196.